The Bertz CT molecular complexity index is 23.0. The molecule has 0 spiro atoms. The van der Waals surface area contributed by atoms with Crippen LogP contribution in [0.25, 0.3) is 0 Å². The predicted octanol–water partition coefficient (Wildman–Crippen LogP) is 6.08. The average Bonchev–Trinajstić information content (AvgIpc) is 2.27. The quantitative estimate of drug-likeness (QED) is 0.406. The zero-order valence-electron chi connectivity index (χ0n) is 11.9. The van der Waals surface area contributed by atoms with Gasteiger partial charge in [-0.15, -0.1) is 0 Å². The van der Waals surface area contributed by atoms with Gasteiger partial charge in [-0.3, -0.25) is 0 Å². The van der Waals surface area contributed by atoms with Gasteiger partial charge >= 0.3 is 0 Å². The van der Waals surface area contributed by atoms with Crippen molar-refractivity contribution < 1.29 is 0 Å². The highest BCUT2D eigenvalue weighted by atomic mass is 13.4. The maximum absolute atomic E-state index is 2.12. The Hall–Kier alpha value is -0.260. The number of allylic oxidation sites excluding steroid dienone is 2. The van der Waals surface area contributed by atoms with Gasteiger partial charge in [-0.1, -0.05) is 74.0 Å². The lowest BCUT2D eigenvalue weighted by atomic mass is 10.6. The molecule has 0 aromatic carbocycles. The van der Waals surface area contributed by atoms with Crippen LogP contribution in [0.1, 0.15) is 75.7 Å². The van der Waals surface area contributed by atoms with E-state index in [4.69, 9.17) is 0 Å². The SMILES string of the molecule is C/C=C\C.CC.CC.CC.CCC. The molecule has 0 heterocycles. The molecule has 0 nitrogen and oxygen atoms in total. The molecule has 0 heteroatoms. The highest BCUT2D eigenvalue weighted by Crippen LogP contribution is 1.57. The number of hydrogen-bond acceptors (Lipinski definition) is 0. The van der Waals surface area contributed by atoms with Gasteiger partial charge in [0.15, 0.2) is 0 Å². The largest absolute Gasteiger partial charge is 0.0919 e. The maximum atomic E-state index is 2.12. The van der Waals surface area contributed by atoms with Gasteiger partial charge in [0.1, 0.15) is 0 Å². The Morgan fingerprint density at radius 3 is 0.692 bits per heavy atom. The summed E-state index contributed by atoms with van der Waals surface area (Å²) in [6.07, 6.45) is 5.25. The van der Waals surface area contributed by atoms with Crippen LogP contribution in [0.15, 0.2) is 12.2 Å². The molecule has 0 unspecified atom stereocenters. The van der Waals surface area contributed by atoms with Crippen LogP contribution in [0, 0.1) is 0 Å². The van der Waals surface area contributed by atoms with Crippen molar-refractivity contribution in [1.29, 1.82) is 0 Å². The van der Waals surface area contributed by atoms with E-state index in [-0.39, 0.29) is 0 Å². The number of rotatable bonds is 0. The standard InChI is InChI=1S/C4H8.C3H8.3C2H6/c1-3-4-2;1-3-2;3*1-2/h3-4H,1-2H3;3H2,1-2H3;3*1-2H3/b4-3-;;;;. The van der Waals surface area contributed by atoms with E-state index in [1.165, 1.54) is 6.42 Å². The number of hydrogen-bond donors (Lipinski definition) is 0. The van der Waals surface area contributed by atoms with Gasteiger partial charge in [-0.25, -0.2) is 0 Å². The Labute approximate surface area is 88.5 Å². The van der Waals surface area contributed by atoms with Crippen molar-refractivity contribution in [3.8, 4) is 0 Å². The molecule has 0 aromatic heterocycles. The van der Waals surface area contributed by atoms with Crippen molar-refractivity contribution in [2.24, 2.45) is 0 Å². The molecule has 0 saturated heterocycles. The zero-order valence-corrected chi connectivity index (χ0v) is 11.9. The third-order valence-corrected chi connectivity index (χ3v) is 0.333. The molecule has 0 amide bonds. The van der Waals surface area contributed by atoms with Crippen LogP contribution < -0.4 is 0 Å². The van der Waals surface area contributed by atoms with Crippen LogP contribution in [0.2, 0.25) is 0 Å². The fraction of sp³-hybridized carbons (Fsp3) is 0.846. The first-order valence-corrected chi connectivity index (χ1v) is 5.90. The van der Waals surface area contributed by atoms with Crippen molar-refractivity contribution >= 4 is 0 Å². The van der Waals surface area contributed by atoms with Gasteiger partial charge in [-0.05, 0) is 13.8 Å². The van der Waals surface area contributed by atoms with E-state index in [1.807, 2.05) is 67.5 Å². The smallest absolute Gasteiger partial charge is 0.0470 e. The van der Waals surface area contributed by atoms with Gasteiger partial charge in [0, 0.05) is 0 Å². The third kappa shape index (κ3) is 2030. The van der Waals surface area contributed by atoms with Crippen molar-refractivity contribution in [2.45, 2.75) is 75.7 Å². The van der Waals surface area contributed by atoms with Crippen LogP contribution >= 0.6 is 0 Å². The second-order valence-electron chi connectivity index (χ2n) is 1.37. The van der Waals surface area contributed by atoms with Crippen LogP contribution in [0.4, 0.5) is 0 Å². The molecular formula is C13H34. The average molecular weight is 190 g/mol. The van der Waals surface area contributed by atoms with E-state index < -0.39 is 0 Å². The van der Waals surface area contributed by atoms with Gasteiger partial charge in [0.2, 0.25) is 0 Å². The summed E-state index contributed by atoms with van der Waals surface area (Å²) in [4.78, 5) is 0. The fourth-order valence-corrected chi connectivity index (χ4v) is 0. The predicted molar refractivity (Wildman–Crippen MR) is 70.5 cm³/mol. The van der Waals surface area contributed by atoms with Crippen LogP contribution in [-0.4, -0.2) is 0 Å². The molecule has 0 N–H and O–H groups in total. The van der Waals surface area contributed by atoms with Gasteiger partial charge in [-0.2, -0.15) is 0 Å². The minimum atomic E-state index is 1.25. The van der Waals surface area contributed by atoms with E-state index in [2.05, 4.69) is 13.8 Å². The van der Waals surface area contributed by atoms with E-state index >= 15 is 0 Å². The molecule has 0 saturated carbocycles. The summed E-state index contributed by atoms with van der Waals surface area (Å²) in [5, 5.41) is 0. The first-order valence-electron chi connectivity index (χ1n) is 5.90. The van der Waals surface area contributed by atoms with Crippen molar-refractivity contribution in [2.75, 3.05) is 0 Å². The summed E-state index contributed by atoms with van der Waals surface area (Å²) < 4.78 is 0. The molecule has 0 fully saturated rings. The van der Waals surface area contributed by atoms with Crippen molar-refractivity contribution in [1.82, 2.24) is 0 Å². The topological polar surface area (TPSA) is 0 Å². The maximum Gasteiger partial charge on any atom is -0.0470 e. The summed E-state index contributed by atoms with van der Waals surface area (Å²) in [5.74, 6) is 0. The molecule has 0 rings (SSSR count). The lowest BCUT2D eigenvalue weighted by molar-refractivity contribution is 1.09. The summed E-state index contributed by atoms with van der Waals surface area (Å²) >= 11 is 0. The lowest BCUT2D eigenvalue weighted by Gasteiger charge is -1.49. The summed E-state index contributed by atoms with van der Waals surface area (Å²) in [7, 11) is 0. The summed E-state index contributed by atoms with van der Waals surface area (Å²) in [5.41, 5.74) is 0. The van der Waals surface area contributed by atoms with Crippen molar-refractivity contribution in [3.63, 3.8) is 0 Å². The molecule has 0 radical (unpaired) electrons. The van der Waals surface area contributed by atoms with Gasteiger partial charge in [0.25, 0.3) is 0 Å². The molecule has 0 atom stereocenters. The molecule has 86 valence electrons. The van der Waals surface area contributed by atoms with Crippen LogP contribution in [0.5, 0.6) is 0 Å². The summed E-state index contributed by atoms with van der Waals surface area (Å²) in [6.45, 7) is 20.2. The monoisotopic (exact) mass is 190 g/mol. The molecule has 0 aliphatic heterocycles. The van der Waals surface area contributed by atoms with Gasteiger partial charge in [0.05, 0.1) is 0 Å². The zero-order chi connectivity index (χ0) is 12.1. The second kappa shape index (κ2) is 180. The molecule has 0 aliphatic rings. The molecule has 13 heavy (non-hydrogen) atoms. The van der Waals surface area contributed by atoms with E-state index in [9.17, 15) is 0 Å². The fourth-order valence-electron chi connectivity index (χ4n) is 0. The third-order valence-electron chi connectivity index (χ3n) is 0.333. The van der Waals surface area contributed by atoms with Crippen molar-refractivity contribution in [3.05, 3.63) is 12.2 Å². The Morgan fingerprint density at radius 2 is 0.692 bits per heavy atom. The van der Waals surface area contributed by atoms with E-state index in [0.29, 0.717) is 0 Å². The first kappa shape index (κ1) is 29.3. The van der Waals surface area contributed by atoms with Gasteiger partial charge < -0.3 is 0 Å². The minimum absolute atomic E-state index is 1.25. The highest BCUT2D eigenvalue weighted by molar-refractivity contribution is 4.68. The Balaban J connectivity index is -0.0000000215. The first-order chi connectivity index (χ1) is 6.33. The van der Waals surface area contributed by atoms with Crippen LogP contribution in [-0.2, 0) is 0 Å². The van der Waals surface area contributed by atoms with Crippen LogP contribution in [0.3, 0.4) is 0 Å². The molecule has 0 aromatic rings. The highest BCUT2D eigenvalue weighted by Gasteiger charge is 1.35. The Kier molecular flexibility index (Phi) is 407. The Morgan fingerprint density at radius 1 is 0.615 bits per heavy atom. The lowest BCUT2D eigenvalue weighted by Crippen LogP contribution is -1.27. The minimum Gasteiger partial charge on any atom is -0.0919 e. The molecular weight excluding hydrogens is 156 g/mol. The normalized spacial score (nSPS) is 5.69. The molecule has 0 aliphatic carbocycles. The van der Waals surface area contributed by atoms with E-state index in [1.54, 1.807) is 0 Å². The summed E-state index contributed by atoms with van der Waals surface area (Å²) in [6, 6.07) is 0. The second-order valence-corrected chi connectivity index (χ2v) is 1.37. The van der Waals surface area contributed by atoms with E-state index in [0.717, 1.165) is 0 Å². The molecule has 0 bridgehead atoms.